The van der Waals surface area contributed by atoms with E-state index in [0.717, 1.165) is 12.2 Å². The van der Waals surface area contributed by atoms with Gasteiger partial charge in [-0.3, -0.25) is 0 Å². The molecule has 0 aliphatic carbocycles. The first kappa shape index (κ1) is 8.31. The Labute approximate surface area is 85.2 Å². The van der Waals surface area contributed by atoms with Gasteiger partial charge in [-0.25, -0.2) is 0 Å². The molecule has 1 atom stereocenters. The summed E-state index contributed by atoms with van der Waals surface area (Å²) in [4.78, 5) is 0. The summed E-state index contributed by atoms with van der Waals surface area (Å²) >= 11 is 2.30. The normalized spacial score (nSPS) is 21.3. The second kappa shape index (κ2) is 3.22. The molecule has 0 saturated carbocycles. The van der Waals surface area contributed by atoms with Gasteiger partial charge in [0.25, 0.3) is 0 Å². The van der Waals surface area contributed by atoms with Gasteiger partial charge >= 0.3 is 0 Å². The number of halogens is 1. The van der Waals surface area contributed by atoms with Gasteiger partial charge in [0.15, 0.2) is 0 Å². The molecule has 0 fully saturated rings. The molecule has 3 heteroatoms. The number of benzene rings is 1. The van der Waals surface area contributed by atoms with E-state index in [1.807, 2.05) is 6.07 Å². The van der Waals surface area contributed by atoms with E-state index in [2.05, 4.69) is 34.7 Å². The zero-order valence-corrected chi connectivity index (χ0v) is 8.74. The van der Waals surface area contributed by atoms with E-state index in [-0.39, 0.29) is 6.04 Å². The second-order valence-corrected chi connectivity index (χ2v) is 4.27. The summed E-state index contributed by atoms with van der Waals surface area (Å²) in [7, 11) is 0. The van der Waals surface area contributed by atoms with Crippen LogP contribution in [-0.2, 0) is 6.42 Å². The molecule has 2 N–H and O–H groups in total. The molecular formula is C9H10INO. The largest absolute Gasteiger partial charge is 0.492 e. The van der Waals surface area contributed by atoms with E-state index in [1.165, 1.54) is 9.13 Å². The van der Waals surface area contributed by atoms with Gasteiger partial charge in [0, 0.05) is 9.61 Å². The highest BCUT2D eigenvalue weighted by molar-refractivity contribution is 14.1. The van der Waals surface area contributed by atoms with Crippen LogP contribution in [0.2, 0.25) is 0 Å². The number of hydrogen-bond donors (Lipinski definition) is 1. The van der Waals surface area contributed by atoms with Crippen molar-refractivity contribution in [3.63, 3.8) is 0 Å². The van der Waals surface area contributed by atoms with Gasteiger partial charge in [-0.2, -0.15) is 0 Å². The third kappa shape index (κ3) is 1.56. The molecule has 0 bridgehead atoms. The van der Waals surface area contributed by atoms with Crippen LogP contribution in [0.15, 0.2) is 18.2 Å². The van der Waals surface area contributed by atoms with Gasteiger partial charge in [-0.1, -0.05) is 0 Å². The molecular weight excluding hydrogens is 265 g/mol. The van der Waals surface area contributed by atoms with Crippen LogP contribution in [0.5, 0.6) is 5.75 Å². The predicted octanol–water partition coefficient (Wildman–Crippen LogP) is 1.55. The van der Waals surface area contributed by atoms with Gasteiger partial charge < -0.3 is 10.5 Å². The minimum atomic E-state index is 0.163. The van der Waals surface area contributed by atoms with Crippen molar-refractivity contribution in [2.45, 2.75) is 12.5 Å². The molecule has 12 heavy (non-hydrogen) atoms. The maximum atomic E-state index is 5.77. The fourth-order valence-electron chi connectivity index (χ4n) is 1.39. The van der Waals surface area contributed by atoms with E-state index in [0.29, 0.717) is 6.61 Å². The molecule has 0 amide bonds. The molecule has 0 spiro atoms. The van der Waals surface area contributed by atoms with E-state index < -0.39 is 0 Å². The maximum Gasteiger partial charge on any atom is 0.122 e. The standard InChI is InChI=1S/C9H10INO/c10-7-1-2-9-6(3-7)4-8(11)5-12-9/h1-3,8H,4-5,11H2/t8-/m0/s1. The lowest BCUT2D eigenvalue weighted by Gasteiger charge is -2.22. The zero-order valence-electron chi connectivity index (χ0n) is 6.59. The van der Waals surface area contributed by atoms with Crippen LogP contribution in [0, 0.1) is 3.57 Å². The highest BCUT2D eigenvalue weighted by atomic mass is 127. The SMILES string of the molecule is N[C@@H]1COc2ccc(I)cc2C1. The Morgan fingerprint density at radius 3 is 3.17 bits per heavy atom. The summed E-state index contributed by atoms with van der Waals surface area (Å²) in [6.07, 6.45) is 0.937. The molecule has 1 aliphatic heterocycles. The lowest BCUT2D eigenvalue weighted by atomic mass is 10.0. The number of nitrogens with two attached hydrogens (primary N) is 1. The first-order valence-electron chi connectivity index (χ1n) is 3.92. The average molecular weight is 275 g/mol. The Balaban J connectivity index is 2.37. The van der Waals surface area contributed by atoms with Crippen molar-refractivity contribution in [3.05, 3.63) is 27.3 Å². The molecule has 64 valence electrons. The van der Waals surface area contributed by atoms with Crippen LogP contribution in [-0.4, -0.2) is 12.6 Å². The summed E-state index contributed by atoms with van der Waals surface area (Å²) in [5.74, 6) is 0.997. The molecule has 0 aromatic heterocycles. The van der Waals surface area contributed by atoms with Crippen molar-refractivity contribution < 1.29 is 4.74 Å². The molecule has 0 unspecified atom stereocenters. The van der Waals surface area contributed by atoms with Gasteiger partial charge in [-0.05, 0) is 52.8 Å². The summed E-state index contributed by atoms with van der Waals surface area (Å²) in [6.45, 7) is 0.646. The van der Waals surface area contributed by atoms with Crippen LogP contribution >= 0.6 is 22.6 Å². The molecule has 2 rings (SSSR count). The topological polar surface area (TPSA) is 35.2 Å². The molecule has 1 heterocycles. The van der Waals surface area contributed by atoms with Crippen molar-refractivity contribution in [3.8, 4) is 5.75 Å². The summed E-state index contributed by atoms with van der Waals surface area (Å²) < 4.78 is 6.70. The Bertz CT molecular complexity index is 301. The Hall–Kier alpha value is -0.290. The predicted molar refractivity (Wildman–Crippen MR) is 56.3 cm³/mol. The van der Waals surface area contributed by atoms with Gasteiger partial charge in [0.1, 0.15) is 12.4 Å². The van der Waals surface area contributed by atoms with E-state index in [4.69, 9.17) is 10.5 Å². The highest BCUT2D eigenvalue weighted by Gasteiger charge is 2.15. The van der Waals surface area contributed by atoms with Crippen LogP contribution in [0.1, 0.15) is 5.56 Å². The van der Waals surface area contributed by atoms with Crippen molar-refractivity contribution in [1.29, 1.82) is 0 Å². The lowest BCUT2D eigenvalue weighted by molar-refractivity contribution is 0.263. The summed E-state index contributed by atoms with van der Waals surface area (Å²) in [5.41, 5.74) is 7.01. The van der Waals surface area contributed by atoms with E-state index >= 15 is 0 Å². The summed E-state index contributed by atoms with van der Waals surface area (Å²) in [5, 5.41) is 0. The van der Waals surface area contributed by atoms with Crippen LogP contribution in [0.4, 0.5) is 0 Å². The lowest BCUT2D eigenvalue weighted by Crippen LogP contribution is -2.33. The molecule has 1 aromatic rings. The zero-order chi connectivity index (χ0) is 8.55. The van der Waals surface area contributed by atoms with Gasteiger partial charge in [-0.15, -0.1) is 0 Å². The van der Waals surface area contributed by atoms with Crippen molar-refractivity contribution in [1.82, 2.24) is 0 Å². The second-order valence-electron chi connectivity index (χ2n) is 3.03. The maximum absolute atomic E-state index is 5.77. The summed E-state index contributed by atoms with van der Waals surface area (Å²) in [6, 6.07) is 6.37. The van der Waals surface area contributed by atoms with Crippen LogP contribution < -0.4 is 10.5 Å². The monoisotopic (exact) mass is 275 g/mol. The number of rotatable bonds is 0. The smallest absolute Gasteiger partial charge is 0.122 e. The quantitative estimate of drug-likeness (QED) is 0.729. The Morgan fingerprint density at radius 1 is 1.50 bits per heavy atom. The third-order valence-corrected chi connectivity index (χ3v) is 2.63. The van der Waals surface area contributed by atoms with Crippen LogP contribution in [0.3, 0.4) is 0 Å². The van der Waals surface area contributed by atoms with Gasteiger partial charge in [0.2, 0.25) is 0 Å². The van der Waals surface area contributed by atoms with E-state index in [1.54, 1.807) is 0 Å². The molecule has 1 aromatic carbocycles. The van der Waals surface area contributed by atoms with Crippen molar-refractivity contribution in [2.24, 2.45) is 5.73 Å². The highest BCUT2D eigenvalue weighted by Crippen LogP contribution is 2.25. The minimum Gasteiger partial charge on any atom is -0.492 e. The van der Waals surface area contributed by atoms with E-state index in [9.17, 15) is 0 Å². The third-order valence-electron chi connectivity index (χ3n) is 1.96. The first-order valence-corrected chi connectivity index (χ1v) is 5.00. The number of hydrogen-bond acceptors (Lipinski definition) is 2. The number of fused-ring (bicyclic) bond motifs is 1. The first-order chi connectivity index (χ1) is 5.75. The Morgan fingerprint density at radius 2 is 2.33 bits per heavy atom. The van der Waals surface area contributed by atoms with Gasteiger partial charge in [0.05, 0.1) is 0 Å². The number of ether oxygens (including phenoxy) is 1. The Kier molecular flexibility index (Phi) is 2.23. The molecule has 2 nitrogen and oxygen atoms in total. The average Bonchev–Trinajstić information content (AvgIpc) is 2.03. The minimum absolute atomic E-state index is 0.163. The van der Waals surface area contributed by atoms with Crippen molar-refractivity contribution in [2.75, 3.05) is 6.61 Å². The van der Waals surface area contributed by atoms with Crippen molar-refractivity contribution >= 4 is 22.6 Å². The fraction of sp³-hybridized carbons (Fsp3) is 0.333. The fourth-order valence-corrected chi connectivity index (χ4v) is 1.94. The molecule has 0 saturated heterocycles. The molecule has 1 aliphatic rings. The van der Waals surface area contributed by atoms with Crippen LogP contribution in [0.25, 0.3) is 0 Å². The molecule has 0 radical (unpaired) electrons.